The number of piperazine rings is 1. The number of benzene rings is 2. The van der Waals surface area contributed by atoms with E-state index < -0.39 is 17.7 Å². The highest BCUT2D eigenvalue weighted by Gasteiger charge is 2.37. The Hall–Kier alpha value is -2.96. The predicted molar refractivity (Wildman–Crippen MR) is 94.8 cm³/mol. The van der Waals surface area contributed by atoms with Crippen LogP contribution in [0.1, 0.15) is 18.1 Å². The maximum absolute atomic E-state index is 13.9. The Labute approximate surface area is 156 Å². The normalized spacial score (nSPS) is 17.4. The smallest absolute Gasteiger partial charge is 0.245 e. The van der Waals surface area contributed by atoms with E-state index in [9.17, 15) is 18.4 Å². The first kappa shape index (κ1) is 18.8. The van der Waals surface area contributed by atoms with E-state index in [4.69, 9.17) is 4.74 Å². The van der Waals surface area contributed by atoms with Gasteiger partial charge in [-0.2, -0.15) is 0 Å². The lowest BCUT2D eigenvalue weighted by Gasteiger charge is -2.39. The third kappa shape index (κ3) is 3.92. The summed E-state index contributed by atoms with van der Waals surface area (Å²) >= 11 is 0. The van der Waals surface area contributed by atoms with Crippen LogP contribution in [0, 0.1) is 11.6 Å². The van der Waals surface area contributed by atoms with Crippen molar-refractivity contribution in [2.45, 2.75) is 26.1 Å². The number of carbonyl (C=O) groups is 2. The first-order chi connectivity index (χ1) is 12.9. The van der Waals surface area contributed by atoms with E-state index >= 15 is 0 Å². The first-order valence-corrected chi connectivity index (χ1v) is 8.54. The Balaban J connectivity index is 1.74. The van der Waals surface area contributed by atoms with Crippen molar-refractivity contribution >= 4 is 11.8 Å². The second-order valence-corrected chi connectivity index (χ2v) is 6.44. The molecule has 1 aliphatic rings. The summed E-state index contributed by atoms with van der Waals surface area (Å²) in [4.78, 5) is 27.9. The second kappa shape index (κ2) is 7.73. The lowest BCUT2D eigenvalue weighted by atomic mass is 10.1. The van der Waals surface area contributed by atoms with Gasteiger partial charge in [0, 0.05) is 12.1 Å². The first-order valence-electron chi connectivity index (χ1n) is 8.54. The van der Waals surface area contributed by atoms with Crippen LogP contribution in [0.15, 0.2) is 42.5 Å². The maximum atomic E-state index is 13.9. The van der Waals surface area contributed by atoms with Crippen LogP contribution in [0.4, 0.5) is 8.78 Å². The molecule has 0 aliphatic carbocycles. The third-order valence-electron chi connectivity index (χ3n) is 4.71. The van der Waals surface area contributed by atoms with Crippen molar-refractivity contribution in [2.24, 2.45) is 0 Å². The molecule has 1 heterocycles. The summed E-state index contributed by atoms with van der Waals surface area (Å²) in [5, 5.41) is 0. The molecule has 142 valence electrons. The molecule has 2 amide bonds. The average Bonchev–Trinajstić information content (AvgIpc) is 2.65. The van der Waals surface area contributed by atoms with Crippen LogP contribution < -0.4 is 4.74 Å². The van der Waals surface area contributed by atoms with E-state index in [1.165, 1.54) is 15.9 Å². The predicted octanol–water partition coefficient (Wildman–Crippen LogP) is 2.73. The lowest BCUT2D eigenvalue weighted by molar-refractivity contribution is -0.156. The molecule has 1 atom stereocenters. The van der Waals surface area contributed by atoms with Crippen LogP contribution in [0.2, 0.25) is 0 Å². The van der Waals surface area contributed by atoms with Gasteiger partial charge in [0.15, 0.2) is 0 Å². The standard InChI is InChI=1S/C20H20F2N2O3/c1-13-20(26)23(10-14-6-8-15(27-2)9-7-14)12-19(25)24(13)11-16-17(21)4-3-5-18(16)22/h3-9,13H,10-12H2,1-2H3/t13-/m0/s1. The van der Waals surface area contributed by atoms with Crippen LogP contribution in [-0.2, 0) is 22.7 Å². The minimum absolute atomic E-state index is 0.134. The Bertz CT molecular complexity index is 835. The number of ether oxygens (including phenoxy) is 1. The SMILES string of the molecule is COc1ccc(CN2CC(=O)N(Cc3c(F)cccc3F)[C@@H](C)C2=O)cc1. The molecule has 2 aromatic carbocycles. The summed E-state index contributed by atoms with van der Waals surface area (Å²) in [5.41, 5.74) is 0.645. The van der Waals surface area contributed by atoms with E-state index in [2.05, 4.69) is 0 Å². The van der Waals surface area contributed by atoms with Crippen LogP contribution in [0.5, 0.6) is 5.75 Å². The van der Waals surface area contributed by atoms with Gasteiger partial charge in [0.2, 0.25) is 11.8 Å². The largest absolute Gasteiger partial charge is 0.497 e. The zero-order valence-electron chi connectivity index (χ0n) is 15.1. The lowest BCUT2D eigenvalue weighted by Crippen LogP contribution is -2.58. The van der Waals surface area contributed by atoms with Crippen LogP contribution in [0.3, 0.4) is 0 Å². The summed E-state index contributed by atoms with van der Waals surface area (Å²) < 4.78 is 32.9. The molecular formula is C20H20F2N2O3. The molecule has 5 nitrogen and oxygen atoms in total. The minimum atomic E-state index is -0.802. The van der Waals surface area contributed by atoms with E-state index in [1.807, 2.05) is 12.1 Å². The zero-order valence-corrected chi connectivity index (χ0v) is 15.1. The number of halogens is 2. The van der Waals surface area contributed by atoms with Gasteiger partial charge in [0.05, 0.1) is 13.7 Å². The summed E-state index contributed by atoms with van der Waals surface area (Å²) in [6.45, 7) is 1.44. The Kier molecular flexibility index (Phi) is 5.39. The van der Waals surface area contributed by atoms with Crippen molar-refractivity contribution in [1.82, 2.24) is 9.80 Å². The molecular weight excluding hydrogens is 354 g/mol. The third-order valence-corrected chi connectivity index (χ3v) is 4.71. The fourth-order valence-corrected chi connectivity index (χ4v) is 3.11. The van der Waals surface area contributed by atoms with E-state index in [-0.39, 0.29) is 37.0 Å². The molecule has 1 fully saturated rings. The van der Waals surface area contributed by atoms with Gasteiger partial charge in [-0.15, -0.1) is 0 Å². The molecule has 1 aliphatic heterocycles. The number of hydrogen-bond donors (Lipinski definition) is 0. The number of amides is 2. The highest BCUT2D eigenvalue weighted by atomic mass is 19.1. The van der Waals surface area contributed by atoms with Gasteiger partial charge >= 0.3 is 0 Å². The van der Waals surface area contributed by atoms with Gasteiger partial charge in [-0.05, 0) is 36.8 Å². The van der Waals surface area contributed by atoms with E-state index in [1.54, 1.807) is 26.2 Å². The van der Waals surface area contributed by atoms with E-state index in [0.29, 0.717) is 5.75 Å². The monoisotopic (exact) mass is 374 g/mol. The number of nitrogens with zero attached hydrogens (tertiary/aromatic N) is 2. The van der Waals surface area contributed by atoms with Gasteiger partial charge in [0.25, 0.3) is 0 Å². The maximum Gasteiger partial charge on any atom is 0.245 e. The number of rotatable bonds is 5. The van der Waals surface area contributed by atoms with Crippen molar-refractivity contribution < 1.29 is 23.1 Å². The summed E-state index contributed by atoms with van der Waals surface area (Å²) in [6.07, 6.45) is 0. The van der Waals surface area contributed by atoms with Crippen molar-refractivity contribution in [1.29, 1.82) is 0 Å². The number of methoxy groups -OCH3 is 1. The fourth-order valence-electron chi connectivity index (χ4n) is 3.11. The molecule has 7 heteroatoms. The van der Waals surface area contributed by atoms with Crippen molar-refractivity contribution in [3.05, 3.63) is 65.2 Å². The van der Waals surface area contributed by atoms with Crippen molar-refractivity contribution in [3.8, 4) is 5.75 Å². The topological polar surface area (TPSA) is 49.9 Å². The van der Waals surface area contributed by atoms with Gasteiger partial charge in [-0.3, -0.25) is 9.59 Å². The summed E-state index contributed by atoms with van der Waals surface area (Å²) in [5.74, 6) is -1.38. The van der Waals surface area contributed by atoms with Crippen molar-refractivity contribution in [3.63, 3.8) is 0 Å². The van der Waals surface area contributed by atoms with Gasteiger partial charge in [0.1, 0.15) is 30.0 Å². The Morgan fingerprint density at radius 2 is 1.67 bits per heavy atom. The Morgan fingerprint density at radius 3 is 2.26 bits per heavy atom. The molecule has 0 saturated carbocycles. The molecule has 2 aromatic rings. The molecule has 0 radical (unpaired) electrons. The number of carbonyl (C=O) groups excluding carboxylic acids is 2. The fraction of sp³-hybridized carbons (Fsp3) is 0.300. The van der Waals surface area contributed by atoms with Crippen molar-refractivity contribution in [2.75, 3.05) is 13.7 Å². The molecule has 27 heavy (non-hydrogen) atoms. The Morgan fingerprint density at radius 1 is 1.04 bits per heavy atom. The molecule has 3 rings (SSSR count). The van der Waals surface area contributed by atoms with E-state index in [0.717, 1.165) is 17.7 Å². The molecule has 0 bridgehead atoms. The van der Waals surface area contributed by atoms with Crippen LogP contribution >= 0.6 is 0 Å². The molecule has 0 spiro atoms. The summed E-state index contributed by atoms with van der Waals surface area (Å²) in [7, 11) is 1.57. The minimum Gasteiger partial charge on any atom is -0.497 e. The van der Waals surface area contributed by atoms with Gasteiger partial charge in [-0.25, -0.2) is 8.78 Å². The quantitative estimate of drug-likeness (QED) is 0.809. The second-order valence-electron chi connectivity index (χ2n) is 6.44. The summed E-state index contributed by atoms with van der Waals surface area (Å²) in [6, 6.07) is 9.93. The molecule has 0 unspecified atom stereocenters. The molecule has 0 N–H and O–H groups in total. The highest BCUT2D eigenvalue weighted by Crippen LogP contribution is 2.22. The number of hydrogen-bond acceptors (Lipinski definition) is 3. The van der Waals surface area contributed by atoms with Crippen LogP contribution in [0.25, 0.3) is 0 Å². The molecule has 0 aromatic heterocycles. The van der Waals surface area contributed by atoms with Gasteiger partial charge in [-0.1, -0.05) is 18.2 Å². The highest BCUT2D eigenvalue weighted by molar-refractivity contribution is 5.94. The van der Waals surface area contributed by atoms with Gasteiger partial charge < -0.3 is 14.5 Å². The zero-order chi connectivity index (χ0) is 19.6. The van der Waals surface area contributed by atoms with Crippen LogP contribution in [-0.4, -0.2) is 41.3 Å². The average molecular weight is 374 g/mol. The molecule has 1 saturated heterocycles.